The van der Waals surface area contributed by atoms with Gasteiger partial charge in [-0.15, -0.1) is 0 Å². The molecule has 8 N–H and O–H groups in total. The topological polar surface area (TPSA) is 285 Å². The standard InChI is InChI=1S/C12H21N2O16P3/c1-5(15)2-14-3-6(11(18)13-12(14)19)10-9(17)8(16)7(28-10)4-27-32(23,24)30-33(25,26)29-31(20,21)22/h3,5,7-10,15-17H,2,4H2,1H3,(H,23,24)(H,25,26)(H,13,18,19)(H2,20,21,22)/t5-,7+,8+,9+,10-/m0/s1. The van der Waals surface area contributed by atoms with Crippen LogP contribution >= 0.6 is 23.5 Å². The molecule has 0 aliphatic carbocycles. The van der Waals surface area contributed by atoms with Gasteiger partial charge in [-0.1, -0.05) is 0 Å². The van der Waals surface area contributed by atoms with Crippen LogP contribution in [-0.4, -0.2) is 75.5 Å². The van der Waals surface area contributed by atoms with Crippen LogP contribution in [0.3, 0.4) is 0 Å². The number of aromatic amines is 1. The Morgan fingerprint density at radius 3 is 2.24 bits per heavy atom. The van der Waals surface area contributed by atoms with Gasteiger partial charge in [0.15, 0.2) is 0 Å². The van der Waals surface area contributed by atoms with Crippen LogP contribution in [0.5, 0.6) is 0 Å². The van der Waals surface area contributed by atoms with Gasteiger partial charge in [0.25, 0.3) is 5.56 Å². The molecular weight excluding hydrogens is 521 g/mol. The summed E-state index contributed by atoms with van der Waals surface area (Å²) in [6.07, 6.45) is -6.85. The van der Waals surface area contributed by atoms with Crippen molar-refractivity contribution in [1.82, 2.24) is 9.55 Å². The molecule has 0 bridgehead atoms. The minimum absolute atomic E-state index is 0.233. The average molecular weight is 542 g/mol. The molecule has 33 heavy (non-hydrogen) atoms. The number of aromatic nitrogens is 2. The van der Waals surface area contributed by atoms with Crippen molar-refractivity contribution in [1.29, 1.82) is 0 Å². The SMILES string of the molecule is C[C@H](O)Cn1cc([C@@H]2O[C@H](COP(=O)(O)OP(=O)(O)OP(=O)(O)O)[C@@H](O)[C@H]2O)c(=O)[nH]c1=O. The summed E-state index contributed by atoms with van der Waals surface area (Å²) >= 11 is 0. The zero-order valence-corrected chi connectivity index (χ0v) is 19.2. The summed E-state index contributed by atoms with van der Waals surface area (Å²) in [6.45, 7) is 0.0494. The number of hydrogen-bond acceptors (Lipinski definition) is 12. The summed E-state index contributed by atoms with van der Waals surface area (Å²) in [6, 6.07) is 0. The van der Waals surface area contributed by atoms with Gasteiger partial charge in [-0.2, -0.15) is 8.62 Å². The zero-order valence-electron chi connectivity index (χ0n) is 16.5. The molecule has 2 rings (SSSR count). The Hall–Kier alpha value is -1.07. The first-order valence-corrected chi connectivity index (χ1v) is 13.2. The number of nitrogens with one attached hydrogen (secondary N) is 1. The second kappa shape index (κ2) is 10.3. The van der Waals surface area contributed by atoms with Crippen LogP contribution in [0.25, 0.3) is 0 Å². The van der Waals surface area contributed by atoms with Crippen LogP contribution in [0.2, 0.25) is 0 Å². The molecule has 1 aromatic rings. The molecule has 2 unspecified atom stereocenters. The smallest absolute Gasteiger partial charge is 0.392 e. The van der Waals surface area contributed by atoms with Crippen LogP contribution in [0, 0.1) is 0 Å². The summed E-state index contributed by atoms with van der Waals surface area (Å²) in [7, 11) is -16.9. The number of hydrogen-bond donors (Lipinski definition) is 8. The number of H-pyrrole nitrogens is 1. The maximum atomic E-state index is 12.1. The van der Waals surface area contributed by atoms with E-state index in [2.05, 4.69) is 13.1 Å². The molecule has 1 saturated heterocycles. The minimum atomic E-state index is -5.76. The second-order valence-corrected chi connectivity index (χ2v) is 11.2. The van der Waals surface area contributed by atoms with E-state index < -0.39 is 71.8 Å². The van der Waals surface area contributed by atoms with Gasteiger partial charge in [0.2, 0.25) is 0 Å². The molecule has 1 aromatic heterocycles. The summed E-state index contributed by atoms with van der Waals surface area (Å²) in [4.78, 5) is 61.4. The third-order valence-corrected chi connectivity index (χ3v) is 7.79. The average Bonchev–Trinajstić information content (AvgIpc) is 2.87. The monoisotopic (exact) mass is 542 g/mol. The van der Waals surface area contributed by atoms with Crippen LogP contribution in [0.15, 0.2) is 15.8 Å². The zero-order chi connectivity index (χ0) is 25.4. The van der Waals surface area contributed by atoms with Gasteiger partial charge in [0.05, 0.1) is 24.8 Å². The molecule has 7 atom stereocenters. The van der Waals surface area contributed by atoms with E-state index in [1.807, 2.05) is 4.98 Å². The van der Waals surface area contributed by atoms with Crippen molar-refractivity contribution in [2.45, 2.75) is 44.0 Å². The van der Waals surface area contributed by atoms with E-state index in [0.717, 1.165) is 10.8 Å². The van der Waals surface area contributed by atoms with Crippen molar-refractivity contribution in [3.8, 4) is 0 Å². The van der Waals surface area contributed by atoms with Gasteiger partial charge in [0, 0.05) is 6.20 Å². The first kappa shape index (κ1) is 28.2. The third-order valence-electron chi connectivity index (χ3n) is 3.99. The normalized spacial score (nSPS) is 28.2. The van der Waals surface area contributed by atoms with E-state index in [9.17, 15) is 43.5 Å². The number of aliphatic hydroxyl groups is 3. The Bertz CT molecular complexity index is 1110. The fraction of sp³-hybridized carbons (Fsp3) is 0.667. The van der Waals surface area contributed by atoms with Crippen molar-refractivity contribution in [2.24, 2.45) is 0 Å². The molecule has 21 heteroatoms. The van der Waals surface area contributed by atoms with Crippen LogP contribution in [0.1, 0.15) is 18.6 Å². The lowest BCUT2D eigenvalue weighted by Crippen LogP contribution is -2.37. The lowest BCUT2D eigenvalue weighted by Gasteiger charge is -2.19. The quantitative estimate of drug-likeness (QED) is 0.141. The van der Waals surface area contributed by atoms with Gasteiger partial charge in [-0.3, -0.25) is 18.9 Å². The highest BCUT2D eigenvalue weighted by atomic mass is 31.3. The van der Waals surface area contributed by atoms with Gasteiger partial charge in [-0.25, -0.2) is 18.5 Å². The number of phosphoric acid groups is 3. The van der Waals surface area contributed by atoms with Crippen molar-refractivity contribution in [2.75, 3.05) is 6.61 Å². The summed E-state index contributed by atoms with van der Waals surface area (Å²) in [5, 5.41) is 29.8. The number of ether oxygens (including phenoxy) is 1. The molecule has 18 nitrogen and oxygen atoms in total. The molecule has 1 aliphatic heterocycles. The van der Waals surface area contributed by atoms with Crippen molar-refractivity contribution < 1.29 is 66.5 Å². The molecule has 0 spiro atoms. The largest absolute Gasteiger partial charge is 0.490 e. The van der Waals surface area contributed by atoms with Crippen molar-refractivity contribution in [3.63, 3.8) is 0 Å². The first-order chi connectivity index (χ1) is 14.9. The Morgan fingerprint density at radius 2 is 1.70 bits per heavy atom. The third kappa shape index (κ3) is 7.99. The molecule has 0 aromatic carbocycles. The molecular formula is C12H21N2O16P3. The maximum Gasteiger partial charge on any atom is 0.490 e. The highest BCUT2D eigenvalue weighted by Gasteiger charge is 2.47. The van der Waals surface area contributed by atoms with E-state index in [1.54, 1.807) is 0 Å². The van der Waals surface area contributed by atoms with E-state index >= 15 is 0 Å². The van der Waals surface area contributed by atoms with Gasteiger partial charge >= 0.3 is 29.2 Å². The fourth-order valence-electron chi connectivity index (χ4n) is 2.76. The maximum absolute atomic E-state index is 12.1. The summed E-state index contributed by atoms with van der Waals surface area (Å²) < 4.78 is 51.3. The molecule has 1 aliphatic rings. The summed E-state index contributed by atoms with van der Waals surface area (Å²) in [5.41, 5.74) is -2.21. The number of aliphatic hydroxyl groups excluding tert-OH is 3. The van der Waals surface area contributed by atoms with Crippen LogP contribution < -0.4 is 11.2 Å². The Morgan fingerprint density at radius 1 is 1.09 bits per heavy atom. The van der Waals surface area contributed by atoms with Gasteiger partial charge in [0.1, 0.15) is 24.4 Å². The first-order valence-electron chi connectivity index (χ1n) is 8.72. The lowest BCUT2D eigenvalue weighted by atomic mass is 10.0. The lowest BCUT2D eigenvalue weighted by molar-refractivity contribution is -0.0228. The highest BCUT2D eigenvalue weighted by Crippen LogP contribution is 2.66. The minimum Gasteiger partial charge on any atom is -0.392 e. The molecule has 0 saturated carbocycles. The van der Waals surface area contributed by atoms with Gasteiger partial charge in [-0.05, 0) is 6.92 Å². The molecule has 190 valence electrons. The fourth-order valence-corrected chi connectivity index (χ4v) is 5.79. The summed E-state index contributed by atoms with van der Waals surface area (Å²) in [5.74, 6) is 0. The number of nitrogens with zero attached hydrogens (tertiary/aromatic N) is 1. The van der Waals surface area contributed by atoms with Crippen LogP contribution in [0.4, 0.5) is 0 Å². The predicted molar refractivity (Wildman–Crippen MR) is 102 cm³/mol. The van der Waals surface area contributed by atoms with E-state index in [-0.39, 0.29) is 12.1 Å². The number of phosphoric ester groups is 1. The molecule has 1 fully saturated rings. The van der Waals surface area contributed by atoms with Crippen molar-refractivity contribution >= 4 is 23.5 Å². The molecule has 0 amide bonds. The molecule has 2 heterocycles. The van der Waals surface area contributed by atoms with E-state index in [0.29, 0.717) is 0 Å². The predicted octanol–water partition coefficient (Wildman–Crippen LogP) is -2.58. The van der Waals surface area contributed by atoms with Crippen molar-refractivity contribution in [3.05, 3.63) is 32.6 Å². The van der Waals surface area contributed by atoms with E-state index in [4.69, 9.17) is 19.4 Å². The second-order valence-electron chi connectivity index (χ2n) is 6.81. The Labute approximate surface area is 183 Å². The Kier molecular flexibility index (Phi) is 8.77. The van der Waals surface area contributed by atoms with Gasteiger partial charge < -0.3 is 39.6 Å². The molecule has 0 radical (unpaired) electrons. The van der Waals surface area contributed by atoms with E-state index in [1.165, 1.54) is 6.92 Å². The highest BCUT2D eigenvalue weighted by molar-refractivity contribution is 7.66. The number of rotatable bonds is 10. The Balaban J connectivity index is 2.14. The van der Waals surface area contributed by atoms with Crippen LogP contribution in [-0.2, 0) is 38.1 Å².